The van der Waals surface area contributed by atoms with Crippen LogP contribution in [-0.4, -0.2) is 43.3 Å². The van der Waals surface area contributed by atoms with E-state index in [9.17, 15) is 13.2 Å². The first kappa shape index (κ1) is 21.1. The Morgan fingerprint density at radius 2 is 1.89 bits per heavy atom. The number of benzene rings is 1. The summed E-state index contributed by atoms with van der Waals surface area (Å²) in [5.74, 6) is -0.151. The van der Waals surface area contributed by atoms with Crippen LogP contribution in [0.1, 0.15) is 31.3 Å². The molecule has 0 spiro atoms. The molecule has 0 aliphatic rings. The van der Waals surface area contributed by atoms with Gasteiger partial charge < -0.3 is 10.1 Å². The Morgan fingerprint density at radius 3 is 2.48 bits per heavy atom. The van der Waals surface area contributed by atoms with Gasteiger partial charge in [-0.2, -0.15) is 4.31 Å². The molecule has 146 valence electrons. The molecule has 2 aromatic rings. The van der Waals surface area contributed by atoms with Gasteiger partial charge in [-0.25, -0.2) is 8.42 Å². The van der Waals surface area contributed by atoms with Crippen molar-refractivity contribution in [2.24, 2.45) is 0 Å². The fraction of sp³-hybridized carbons (Fsp3) is 0.333. The van der Waals surface area contributed by atoms with Gasteiger partial charge in [-0.05, 0) is 37.3 Å². The van der Waals surface area contributed by atoms with Crippen molar-refractivity contribution < 1.29 is 17.9 Å². The number of hydrogen-bond donors (Lipinski definition) is 1. The van der Waals surface area contributed by atoms with E-state index in [1.807, 2.05) is 0 Å². The van der Waals surface area contributed by atoms with Gasteiger partial charge in [0, 0.05) is 24.3 Å². The third-order valence-corrected chi connectivity index (χ3v) is 6.08. The number of anilines is 1. The maximum absolute atomic E-state index is 12.8. The Labute approximate surface area is 164 Å². The van der Waals surface area contributed by atoms with E-state index < -0.39 is 15.9 Å². The predicted molar refractivity (Wildman–Crippen MR) is 105 cm³/mol. The zero-order chi connectivity index (χ0) is 20.0. The second-order valence-electron chi connectivity index (χ2n) is 5.49. The molecule has 1 aromatic heterocycles. The highest BCUT2D eigenvalue weighted by molar-refractivity contribution is 7.89. The molecule has 1 heterocycles. The van der Waals surface area contributed by atoms with Crippen LogP contribution in [0.4, 0.5) is 5.69 Å². The van der Waals surface area contributed by atoms with Crippen molar-refractivity contribution in [2.45, 2.75) is 25.7 Å². The number of nitrogens with one attached hydrogen (secondary N) is 1. The topological polar surface area (TPSA) is 88.6 Å². The summed E-state index contributed by atoms with van der Waals surface area (Å²) < 4.78 is 32.4. The van der Waals surface area contributed by atoms with Crippen LogP contribution in [-0.2, 0) is 10.0 Å². The second kappa shape index (κ2) is 9.16. The SMILES string of the molecule is CCOc1ccc(S(=O)(=O)N(CC)CC)cc1NC(=O)c1cc(Cl)ccn1. The number of sulfonamides is 1. The van der Waals surface area contributed by atoms with Crippen LogP contribution < -0.4 is 10.1 Å². The molecule has 1 aromatic carbocycles. The monoisotopic (exact) mass is 411 g/mol. The minimum atomic E-state index is -3.67. The van der Waals surface area contributed by atoms with E-state index in [0.717, 1.165) is 0 Å². The smallest absolute Gasteiger partial charge is 0.274 e. The summed E-state index contributed by atoms with van der Waals surface area (Å²) in [6, 6.07) is 7.36. The number of rotatable bonds is 8. The molecule has 0 radical (unpaired) electrons. The summed E-state index contributed by atoms with van der Waals surface area (Å²) in [5, 5.41) is 3.03. The lowest BCUT2D eigenvalue weighted by Crippen LogP contribution is -2.30. The molecular weight excluding hydrogens is 390 g/mol. The van der Waals surface area contributed by atoms with Crippen molar-refractivity contribution >= 4 is 33.2 Å². The fourth-order valence-corrected chi connectivity index (χ4v) is 4.12. The highest BCUT2D eigenvalue weighted by Crippen LogP contribution is 2.29. The van der Waals surface area contributed by atoms with E-state index >= 15 is 0 Å². The lowest BCUT2D eigenvalue weighted by atomic mass is 10.2. The number of halogens is 1. The summed E-state index contributed by atoms with van der Waals surface area (Å²) in [6.07, 6.45) is 1.42. The molecule has 1 N–H and O–H groups in total. The summed E-state index contributed by atoms with van der Waals surface area (Å²) in [6.45, 7) is 6.39. The summed E-state index contributed by atoms with van der Waals surface area (Å²) >= 11 is 5.90. The molecule has 0 aliphatic heterocycles. The lowest BCUT2D eigenvalue weighted by molar-refractivity contribution is 0.102. The van der Waals surface area contributed by atoms with Gasteiger partial charge in [0.25, 0.3) is 5.91 Å². The minimum Gasteiger partial charge on any atom is -0.492 e. The number of nitrogens with zero attached hydrogens (tertiary/aromatic N) is 2. The third-order valence-electron chi connectivity index (χ3n) is 3.80. The van der Waals surface area contributed by atoms with Crippen molar-refractivity contribution in [2.75, 3.05) is 25.0 Å². The first-order valence-corrected chi connectivity index (χ1v) is 10.3. The molecule has 7 nitrogen and oxygen atoms in total. The van der Waals surface area contributed by atoms with E-state index in [1.54, 1.807) is 26.8 Å². The van der Waals surface area contributed by atoms with Gasteiger partial charge in [0.15, 0.2) is 0 Å². The van der Waals surface area contributed by atoms with Gasteiger partial charge in [0.2, 0.25) is 10.0 Å². The Balaban J connectivity index is 2.42. The Hall–Kier alpha value is -2.16. The Kier molecular flexibility index (Phi) is 7.18. The second-order valence-corrected chi connectivity index (χ2v) is 7.87. The van der Waals surface area contributed by atoms with Gasteiger partial charge >= 0.3 is 0 Å². The summed E-state index contributed by atoms with van der Waals surface area (Å²) in [7, 11) is -3.67. The standard InChI is InChI=1S/C18H22ClN3O4S/c1-4-22(5-2)27(24,25)14-7-8-17(26-6-3)15(12-14)21-18(23)16-11-13(19)9-10-20-16/h7-12H,4-6H2,1-3H3,(H,21,23). The van der Waals surface area contributed by atoms with Crippen LogP contribution in [0.5, 0.6) is 5.75 Å². The van der Waals surface area contributed by atoms with Crippen LogP contribution >= 0.6 is 11.6 Å². The number of hydrogen-bond acceptors (Lipinski definition) is 5. The maximum atomic E-state index is 12.8. The molecule has 0 bridgehead atoms. The quantitative estimate of drug-likeness (QED) is 0.718. The molecule has 0 unspecified atom stereocenters. The van der Waals surface area contributed by atoms with Crippen LogP contribution in [0, 0.1) is 0 Å². The summed E-state index contributed by atoms with van der Waals surface area (Å²) in [5.41, 5.74) is 0.360. The molecular formula is C18H22ClN3O4S. The third kappa shape index (κ3) is 4.97. The number of ether oxygens (including phenoxy) is 1. The van der Waals surface area contributed by atoms with Gasteiger partial charge in [-0.1, -0.05) is 25.4 Å². The van der Waals surface area contributed by atoms with Crippen LogP contribution in [0.25, 0.3) is 0 Å². The largest absolute Gasteiger partial charge is 0.492 e. The Morgan fingerprint density at radius 1 is 1.19 bits per heavy atom. The summed E-state index contributed by atoms with van der Waals surface area (Å²) in [4.78, 5) is 16.5. The van der Waals surface area contributed by atoms with Crippen LogP contribution in [0.15, 0.2) is 41.4 Å². The normalized spacial score (nSPS) is 11.4. The van der Waals surface area contributed by atoms with Gasteiger partial charge in [0.05, 0.1) is 17.2 Å². The molecule has 27 heavy (non-hydrogen) atoms. The molecule has 0 atom stereocenters. The first-order chi connectivity index (χ1) is 12.8. The lowest BCUT2D eigenvalue weighted by Gasteiger charge is -2.20. The minimum absolute atomic E-state index is 0.0732. The molecule has 1 amide bonds. The molecule has 0 saturated carbocycles. The van der Waals surface area contributed by atoms with Gasteiger partial charge in [-0.15, -0.1) is 0 Å². The predicted octanol–water partition coefficient (Wildman–Crippen LogP) is 3.42. The van der Waals surface area contributed by atoms with E-state index in [0.29, 0.717) is 30.5 Å². The van der Waals surface area contributed by atoms with Gasteiger partial charge in [-0.3, -0.25) is 9.78 Å². The average molecular weight is 412 g/mol. The van der Waals surface area contributed by atoms with Crippen molar-refractivity contribution in [3.05, 3.63) is 47.2 Å². The molecule has 9 heteroatoms. The first-order valence-electron chi connectivity index (χ1n) is 8.53. The van der Waals surface area contributed by atoms with Crippen molar-refractivity contribution in [3.8, 4) is 5.75 Å². The van der Waals surface area contributed by atoms with E-state index in [2.05, 4.69) is 10.3 Å². The number of pyridine rings is 1. The molecule has 0 saturated heterocycles. The highest BCUT2D eigenvalue weighted by Gasteiger charge is 2.23. The zero-order valence-corrected chi connectivity index (χ0v) is 17.0. The molecule has 0 fully saturated rings. The Bertz CT molecular complexity index is 915. The van der Waals surface area contributed by atoms with E-state index in [4.69, 9.17) is 16.3 Å². The van der Waals surface area contributed by atoms with Crippen LogP contribution in [0.2, 0.25) is 5.02 Å². The molecule has 0 aliphatic carbocycles. The van der Waals surface area contributed by atoms with E-state index in [1.165, 1.54) is 34.8 Å². The molecule has 2 rings (SSSR count). The number of aromatic nitrogens is 1. The van der Waals surface area contributed by atoms with Crippen molar-refractivity contribution in [3.63, 3.8) is 0 Å². The van der Waals surface area contributed by atoms with Crippen LogP contribution in [0.3, 0.4) is 0 Å². The highest BCUT2D eigenvalue weighted by atomic mass is 35.5. The average Bonchev–Trinajstić information content (AvgIpc) is 2.64. The van der Waals surface area contributed by atoms with E-state index in [-0.39, 0.29) is 16.3 Å². The maximum Gasteiger partial charge on any atom is 0.274 e. The fourth-order valence-electron chi connectivity index (χ4n) is 2.48. The van der Waals surface area contributed by atoms with Gasteiger partial charge in [0.1, 0.15) is 11.4 Å². The number of carbonyl (C=O) groups is 1. The number of amides is 1. The zero-order valence-electron chi connectivity index (χ0n) is 15.4. The van der Waals surface area contributed by atoms with Crippen molar-refractivity contribution in [1.82, 2.24) is 9.29 Å². The number of carbonyl (C=O) groups excluding carboxylic acids is 1. The van der Waals surface area contributed by atoms with Crippen molar-refractivity contribution in [1.29, 1.82) is 0 Å².